The van der Waals surface area contributed by atoms with E-state index in [9.17, 15) is 0 Å². The summed E-state index contributed by atoms with van der Waals surface area (Å²) in [6.07, 6.45) is 6.88. The van der Waals surface area contributed by atoms with Gasteiger partial charge in [-0.05, 0) is 5.56 Å². The van der Waals surface area contributed by atoms with Crippen molar-refractivity contribution in [2.45, 2.75) is 0 Å². The number of aliphatic hydroxyl groups is 1. The van der Waals surface area contributed by atoms with Crippen molar-refractivity contribution in [3.63, 3.8) is 0 Å². The third kappa shape index (κ3) is 7.07. The van der Waals surface area contributed by atoms with Crippen LogP contribution in [0.4, 0.5) is 0 Å². The first-order valence-electron chi connectivity index (χ1n) is 4.41. The van der Waals surface area contributed by atoms with Crippen LogP contribution in [0.1, 0.15) is 5.56 Å². The standard InChI is InChI=1S/C9H10O.C4H6/c10-8-4-7-9-5-2-1-3-6-9;1-3-4-2/h1-7,10H,8H2;3-4H,1-2H2/b7-4+;. The third-order valence-electron chi connectivity index (χ3n) is 1.38. The minimum Gasteiger partial charge on any atom is -0.392 e. The lowest BCUT2D eigenvalue weighted by molar-refractivity contribution is 0.343. The van der Waals surface area contributed by atoms with Crippen molar-refractivity contribution in [1.29, 1.82) is 0 Å². The highest BCUT2D eigenvalue weighted by atomic mass is 16.2. The number of aliphatic hydroxyl groups excluding tert-OH is 1. The second-order valence-corrected chi connectivity index (χ2v) is 2.47. The average Bonchev–Trinajstić information content (AvgIpc) is 2.28. The third-order valence-corrected chi connectivity index (χ3v) is 1.38. The van der Waals surface area contributed by atoms with Gasteiger partial charge in [-0.3, -0.25) is 0 Å². The Hall–Kier alpha value is -1.60. The van der Waals surface area contributed by atoms with Crippen molar-refractivity contribution in [3.05, 3.63) is 67.3 Å². The van der Waals surface area contributed by atoms with Crippen LogP contribution in [-0.2, 0) is 0 Å². The molecule has 1 aromatic carbocycles. The van der Waals surface area contributed by atoms with Gasteiger partial charge in [0.15, 0.2) is 0 Å². The molecule has 74 valence electrons. The summed E-state index contributed by atoms with van der Waals surface area (Å²) >= 11 is 0. The lowest BCUT2D eigenvalue weighted by Crippen LogP contribution is -1.72. The minimum absolute atomic E-state index is 0.106. The highest BCUT2D eigenvalue weighted by Crippen LogP contribution is 1.99. The van der Waals surface area contributed by atoms with Gasteiger partial charge in [0, 0.05) is 0 Å². The molecule has 1 nitrogen and oxygen atoms in total. The Morgan fingerprint density at radius 3 is 2.07 bits per heavy atom. The summed E-state index contributed by atoms with van der Waals surface area (Å²) in [4.78, 5) is 0. The monoisotopic (exact) mass is 188 g/mol. The van der Waals surface area contributed by atoms with Gasteiger partial charge in [0.2, 0.25) is 0 Å². The second kappa shape index (κ2) is 9.49. The van der Waals surface area contributed by atoms with E-state index in [1.807, 2.05) is 36.4 Å². The van der Waals surface area contributed by atoms with Gasteiger partial charge >= 0.3 is 0 Å². The van der Waals surface area contributed by atoms with E-state index in [-0.39, 0.29) is 6.61 Å². The summed E-state index contributed by atoms with van der Waals surface area (Å²) in [7, 11) is 0. The number of hydrogen-bond donors (Lipinski definition) is 1. The number of allylic oxidation sites excluding steroid dienone is 2. The molecule has 1 N–H and O–H groups in total. The fourth-order valence-electron chi connectivity index (χ4n) is 0.753. The smallest absolute Gasteiger partial charge is 0.0615 e. The van der Waals surface area contributed by atoms with E-state index in [1.54, 1.807) is 18.2 Å². The maximum absolute atomic E-state index is 8.44. The fraction of sp³-hybridized carbons (Fsp3) is 0.0769. The highest BCUT2D eigenvalue weighted by Gasteiger charge is 1.79. The fourth-order valence-corrected chi connectivity index (χ4v) is 0.753. The average molecular weight is 188 g/mol. The van der Waals surface area contributed by atoms with Crippen LogP contribution in [-0.4, -0.2) is 11.7 Å². The molecule has 0 aromatic heterocycles. The molecule has 0 bridgehead atoms. The van der Waals surface area contributed by atoms with Crippen LogP contribution in [0.5, 0.6) is 0 Å². The Labute approximate surface area is 85.7 Å². The molecule has 0 aliphatic rings. The maximum atomic E-state index is 8.44. The van der Waals surface area contributed by atoms with E-state index in [0.29, 0.717) is 0 Å². The van der Waals surface area contributed by atoms with E-state index in [0.717, 1.165) is 5.56 Å². The Bertz CT molecular complexity index is 267. The van der Waals surface area contributed by atoms with Crippen molar-refractivity contribution in [2.75, 3.05) is 6.61 Å². The predicted molar refractivity (Wildman–Crippen MR) is 63.0 cm³/mol. The van der Waals surface area contributed by atoms with Gasteiger partial charge in [-0.2, -0.15) is 0 Å². The van der Waals surface area contributed by atoms with Crippen LogP contribution < -0.4 is 0 Å². The molecule has 0 saturated heterocycles. The molecular formula is C13H16O. The van der Waals surface area contributed by atoms with Crippen molar-refractivity contribution >= 4 is 6.08 Å². The Kier molecular flexibility index (Phi) is 8.40. The van der Waals surface area contributed by atoms with Crippen LogP contribution in [0, 0.1) is 0 Å². The molecule has 0 aliphatic carbocycles. The second-order valence-electron chi connectivity index (χ2n) is 2.47. The Morgan fingerprint density at radius 2 is 1.64 bits per heavy atom. The van der Waals surface area contributed by atoms with Crippen LogP contribution in [0.3, 0.4) is 0 Å². The molecule has 0 fully saturated rings. The zero-order valence-corrected chi connectivity index (χ0v) is 8.26. The molecule has 0 saturated carbocycles. The molecule has 0 radical (unpaired) electrons. The first-order valence-corrected chi connectivity index (χ1v) is 4.41. The lowest BCUT2D eigenvalue weighted by Gasteiger charge is -1.88. The van der Waals surface area contributed by atoms with Gasteiger partial charge in [-0.25, -0.2) is 0 Å². The lowest BCUT2D eigenvalue weighted by atomic mass is 10.2. The molecule has 0 heterocycles. The summed E-state index contributed by atoms with van der Waals surface area (Å²) < 4.78 is 0. The molecule has 1 heteroatoms. The summed E-state index contributed by atoms with van der Waals surface area (Å²) in [6.45, 7) is 6.83. The van der Waals surface area contributed by atoms with Gasteiger partial charge < -0.3 is 5.11 Å². The molecule has 0 unspecified atom stereocenters. The highest BCUT2D eigenvalue weighted by molar-refractivity contribution is 5.48. The molecular weight excluding hydrogens is 172 g/mol. The van der Waals surface area contributed by atoms with Gasteiger partial charge in [0.1, 0.15) is 0 Å². The van der Waals surface area contributed by atoms with Crippen molar-refractivity contribution in [2.24, 2.45) is 0 Å². The van der Waals surface area contributed by atoms with Gasteiger partial charge in [0.05, 0.1) is 6.61 Å². The van der Waals surface area contributed by atoms with E-state index in [1.165, 1.54) is 0 Å². The number of hydrogen-bond acceptors (Lipinski definition) is 1. The van der Waals surface area contributed by atoms with Crippen LogP contribution >= 0.6 is 0 Å². The molecule has 1 rings (SSSR count). The zero-order chi connectivity index (χ0) is 10.6. The molecule has 0 aliphatic heterocycles. The van der Waals surface area contributed by atoms with Gasteiger partial charge in [0.25, 0.3) is 0 Å². The number of benzene rings is 1. The van der Waals surface area contributed by atoms with E-state index < -0.39 is 0 Å². The summed E-state index contributed by atoms with van der Waals surface area (Å²) in [5, 5.41) is 8.44. The molecule has 1 aromatic rings. The zero-order valence-electron chi connectivity index (χ0n) is 8.26. The van der Waals surface area contributed by atoms with Crippen LogP contribution in [0.15, 0.2) is 61.7 Å². The van der Waals surface area contributed by atoms with E-state index in [4.69, 9.17) is 5.11 Å². The topological polar surface area (TPSA) is 20.2 Å². The van der Waals surface area contributed by atoms with Gasteiger partial charge in [-0.15, -0.1) is 0 Å². The quantitative estimate of drug-likeness (QED) is 0.723. The predicted octanol–water partition coefficient (Wildman–Crippen LogP) is 3.05. The van der Waals surface area contributed by atoms with Crippen LogP contribution in [0.25, 0.3) is 6.08 Å². The number of rotatable bonds is 3. The van der Waals surface area contributed by atoms with Gasteiger partial charge in [-0.1, -0.05) is 67.8 Å². The summed E-state index contributed by atoms with van der Waals surface area (Å²) in [5.74, 6) is 0. The van der Waals surface area contributed by atoms with Crippen molar-refractivity contribution in [1.82, 2.24) is 0 Å². The molecule has 0 amide bonds. The maximum Gasteiger partial charge on any atom is 0.0615 e. The Balaban J connectivity index is 0.000000364. The van der Waals surface area contributed by atoms with E-state index in [2.05, 4.69) is 13.2 Å². The summed E-state index contributed by atoms with van der Waals surface area (Å²) in [6, 6.07) is 9.89. The normalized spacial score (nSPS) is 8.93. The van der Waals surface area contributed by atoms with Crippen molar-refractivity contribution < 1.29 is 5.11 Å². The summed E-state index contributed by atoms with van der Waals surface area (Å²) in [5.41, 5.74) is 1.12. The van der Waals surface area contributed by atoms with Crippen molar-refractivity contribution in [3.8, 4) is 0 Å². The minimum atomic E-state index is 0.106. The molecule has 0 spiro atoms. The first-order chi connectivity index (χ1) is 6.85. The largest absolute Gasteiger partial charge is 0.392 e. The molecule has 14 heavy (non-hydrogen) atoms. The Morgan fingerprint density at radius 1 is 1.07 bits per heavy atom. The SMILES string of the molecule is C=CC=C.OC/C=C/c1ccccc1. The first kappa shape index (κ1) is 12.4. The van der Waals surface area contributed by atoms with E-state index >= 15 is 0 Å². The van der Waals surface area contributed by atoms with Crippen LogP contribution in [0.2, 0.25) is 0 Å². The molecule has 0 atom stereocenters.